The van der Waals surface area contributed by atoms with Crippen molar-refractivity contribution in [1.29, 1.82) is 0 Å². The van der Waals surface area contributed by atoms with Gasteiger partial charge in [-0.05, 0) is 53.6 Å². The maximum atomic E-state index is 13.2. The van der Waals surface area contributed by atoms with Crippen molar-refractivity contribution in [2.75, 3.05) is 13.1 Å². The van der Waals surface area contributed by atoms with Gasteiger partial charge in [0.25, 0.3) is 11.5 Å². The average molecular weight is 411 g/mol. The molecule has 4 heterocycles. The summed E-state index contributed by atoms with van der Waals surface area (Å²) in [4.78, 5) is 28.7. The molecule has 2 aromatic heterocycles. The van der Waals surface area contributed by atoms with Crippen molar-refractivity contribution in [3.05, 3.63) is 79.9 Å². The molecule has 28 heavy (non-hydrogen) atoms. The van der Waals surface area contributed by atoms with Crippen LogP contribution in [0.2, 0.25) is 5.02 Å². The van der Waals surface area contributed by atoms with E-state index in [9.17, 15) is 9.59 Å². The number of carbonyl (C=O) groups excluding carboxylic acids is 1. The molecule has 0 aliphatic carbocycles. The van der Waals surface area contributed by atoms with Crippen LogP contribution in [0.1, 0.15) is 27.7 Å². The zero-order valence-electron chi connectivity index (χ0n) is 15.2. The monoisotopic (exact) mass is 410 g/mol. The summed E-state index contributed by atoms with van der Waals surface area (Å²) in [5.74, 6) is 0.634. The highest BCUT2D eigenvalue weighted by Crippen LogP contribution is 2.36. The highest BCUT2D eigenvalue weighted by molar-refractivity contribution is 7.12. The minimum atomic E-state index is 0.0487. The minimum absolute atomic E-state index is 0.0487. The van der Waals surface area contributed by atoms with E-state index in [0.29, 0.717) is 36.1 Å². The van der Waals surface area contributed by atoms with Crippen molar-refractivity contribution in [3.8, 4) is 11.1 Å². The molecule has 2 atom stereocenters. The lowest BCUT2D eigenvalue weighted by Crippen LogP contribution is -2.49. The van der Waals surface area contributed by atoms with E-state index < -0.39 is 0 Å². The van der Waals surface area contributed by atoms with E-state index in [-0.39, 0.29) is 17.4 Å². The molecule has 4 nitrogen and oxygen atoms in total. The number of hydrogen-bond acceptors (Lipinski definition) is 3. The Labute approximate surface area is 172 Å². The van der Waals surface area contributed by atoms with Gasteiger partial charge in [-0.1, -0.05) is 29.8 Å². The first-order valence-corrected chi connectivity index (χ1v) is 10.7. The van der Waals surface area contributed by atoms with Gasteiger partial charge in [0.2, 0.25) is 0 Å². The number of likely N-dealkylation sites (tertiary alicyclic amines) is 1. The van der Waals surface area contributed by atoms with Gasteiger partial charge in [0, 0.05) is 41.8 Å². The fourth-order valence-electron chi connectivity index (χ4n) is 4.52. The number of fused-ring (bicyclic) bond motifs is 4. The first-order valence-electron chi connectivity index (χ1n) is 9.42. The van der Waals surface area contributed by atoms with Crippen LogP contribution in [0.5, 0.6) is 0 Å². The van der Waals surface area contributed by atoms with Crippen LogP contribution in [0.4, 0.5) is 0 Å². The van der Waals surface area contributed by atoms with E-state index in [1.807, 2.05) is 57.3 Å². The summed E-state index contributed by atoms with van der Waals surface area (Å²) >= 11 is 7.47. The summed E-state index contributed by atoms with van der Waals surface area (Å²) < 4.78 is 1.93. The predicted molar refractivity (Wildman–Crippen MR) is 112 cm³/mol. The van der Waals surface area contributed by atoms with Gasteiger partial charge in [0.1, 0.15) is 0 Å². The molecule has 0 spiro atoms. The van der Waals surface area contributed by atoms with E-state index in [2.05, 4.69) is 6.07 Å². The summed E-state index contributed by atoms with van der Waals surface area (Å²) in [5.41, 5.74) is 2.68. The number of nitrogens with zero attached hydrogens (tertiary/aromatic N) is 2. The Morgan fingerprint density at radius 1 is 1.04 bits per heavy atom. The number of pyridine rings is 1. The number of rotatable bonds is 2. The molecule has 2 aliphatic heterocycles. The summed E-state index contributed by atoms with van der Waals surface area (Å²) in [7, 11) is 0. The van der Waals surface area contributed by atoms with Crippen LogP contribution in [0.3, 0.4) is 0 Å². The number of halogens is 1. The zero-order valence-corrected chi connectivity index (χ0v) is 16.7. The number of piperidine rings is 1. The van der Waals surface area contributed by atoms with E-state index in [0.717, 1.165) is 22.6 Å². The Bertz CT molecular complexity index is 1090. The first-order chi connectivity index (χ1) is 13.6. The van der Waals surface area contributed by atoms with E-state index >= 15 is 0 Å². The molecule has 5 rings (SSSR count). The molecular formula is C22H19ClN2O2S. The van der Waals surface area contributed by atoms with Crippen LogP contribution in [-0.4, -0.2) is 28.5 Å². The van der Waals surface area contributed by atoms with Crippen molar-refractivity contribution in [3.63, 3.8) is 0 Å². The Hall–Kier alpha value is -2.37. The summed E-state index contributed by atoms with van der Waals surface area (Å²) in [6, 6.07) is 15.2. The molecule has 0 radical (unpaired) electrons. The third kappa shape index (κ3) is 2.99. The second-order valence-electron chi connectivity index (χ2n) is 7.58. The van der Waals surface area contributed by atoms with Crippen molar-refractivity contribution in [2.45, 2.75) is 18.9 Å². The van der Waals surface area contributed by atoms with Crippen LogP contribution in [0, 0.1) is 5.92 Å². The minimum Gasteiger partial charge on any atom is -0.337 e. The fraction of sp³-hybridized carbons (Fsp3) is 0.273. The van der Waals surface area contributed by atoms with Gasteiger partial charge in [-0.2, -0.15) is 0 Å². The van der Waals surface area contributed by atoms with Crippen molar-refractivity contribution >= 4 is 28.8 Å². The number of aromatic nitrogens is 1. The zero-order chi connectivity index (χ0) is 19.3. The predicted octanol–water partition coefficient (Wildman–Crippen LogP) is 4.49. The molecule has 2 bridgehead atoms. The number of hydrogen-bond donors (Lipinski definition) is 0. The standard InChI is InChI=1S/C22H19ClN2O2S/c23-17-5-3-15(4-6-17)18-7-8-19-16-10-14(12-25(19)21(18)26)11-24(13-16)22(27)20-2-1-9-28-20/h1-9,14,16H,10-13H2. The number of carbonyl (C=O) groups is 1. The fourth-order valence-corrected chi connectivity index (χ4v) is 5.33. The number of thiophene rings is 1. The Kier molecular flexibility index (Phi) is 4.37. The molecule has 0 saturated carbocycles. The average Bonchev–Trinajstić information content (AvgIpc) is 3.24. The van der Waals surface area contributed by atoms with Gasteiger partial charge in [-0.15, -0.1) is 11.3 Å². The number of amides is 1. The van der Waals surface area contributed by atoms with Gasteiger partial charge < -0.3 is 9.47 Å². The lowest BCUT2D eigenvalue weighted by molar-refractivity contribution is 0.0599. The number of benzene rings is 1. The largest absolute Gasteiger partial charge is 0.337 e. The SMILES string of the molecule is O=C(c1cccs1)N1CC2CC(C1)c1ccc(-c3ccc(Cl)cc3)c(=O)n1C2. The van der Waals surface area contributed by atoms with Gasteiger partial charge >= 0.3 is 0 Å². The van der Waals surface area contributed by atoms with Gasteiger partial charge in [0.05, 0.1) is 4.88 Å². The summed E-state index contributed by atoms with van der Waals surface area (Å²) in [5, 5.41) is 2.59. The van der Waals surface area contributed by atoms with Crippen molar-refractivity contribution in [1.82, 2.24) is 9.47 Å². The molecule has 1 saturated heterocycles. The van der Waals surface area contributed by atoms with Gasteiger partial charge in [0.15, 0.2) is 0 Å². The van der Waals surface area contributed by atoms with E-state index in [1.54, 1.807) is 0 Å². The Balaban J connectivity index is 1.48. The van der Waals surface area contributed by atoms with Crippen LogP contribution < -0.4 is 5.56 Å². The quantitative estimate of drug-likeness (QED) is 0.624. The smallest absolute Gasteiger partial charge is 0.263 e. The maximum Gasteiger partial charge on any atom is 0.263 e. The molecular weight excluding hydrogens is 392 g/mol. The van der Waals surface area contributed by atoms with Crippen LogP contribution in [-0.2, 0) is 6.54 Å². The topological polar surface area (TPSA) is 42.3 Å². The first kappa shape index (κ1) is 17.7. The van der Waals surface area contributed by atoms with Crippen molar-refractivity contribution < 1.29 is 4.79 Å². The maximum absolute atomic E-state index is 13.2. The summed E-state index contributed by atoms with van der Waals surface area (Å²) in [6.07, 6.45) is 1.04. The van der Waals surface area contributed by atoms with E-state index in [1.165, 1.54) is 11.3 Å². The molecule has 1 fully saturated rings. The molecule has 1 aromatic carbocycles. The molecule has 3 aromatic rings. The molecule has 2 unspecified atom stereocenters. The van der Waals surface area contributed by atoms with E-state index in [4.69, 9.17) is 11.6 Å². The summed E-state index contributed by atoms with van der Waals surface area (Å²) in [6.45, 7) is 2.05. The van der Waals surface area contributed by atoms with Gasteiger partial charge in [-0.3, -0.25) is 9.59 Å². The molecule has 142 valence electrons. The molecule has 0 N–H and O–H groups in total. The van der Waals surface area contributed by atoms with Crippen LogP contribution >= 0.6 is 22.9 Å². The Morgan fingerprint density at radius 3 is 2.61 bits per heavy atom. The lowest BCUT2D eigenvalue weighted by atomic mass is 9.82. The normalized spacial score (nSPS) is 20.7. The molecule has 1 amide bonds. The third-order valence-corrected chi connectivity index (χ3v) is 6.89. The highest BCUT2D eigenvalue weighted by atomic mass is 35.5. The lowest BCUT2D eigenvalue weighted by Gasteiger charge is -2.42. The second kappa shape index (κ2) is 6.90. The Morgan fingerprint density at radius 2 is 1.86 bits per heavy atom. The molecule has 2 aliphatic rings. The second-order valence-corrected chi connectivity index (χ2v) is 8.96. The van der Waals surface area contributed by atoms with Crippen molar-refractivity contribution in [2.24, 2.45) is 5.92 Å². The highest BCUT2D eigenvalue weighted by Gasteiger charge is 2.37. The van der Waals surface area contributed by atoms with Crippen LogP contribution in [0.25, 0.3) is 11.1 Å². The van der Waals surface area contributed by atoms with Crippen LogP contribution in [0.15, 0.2) is 58.7 Å². The molecule has 6 heteroatoms. The van der Waals surface area contributed by atoms with Gasteiger partial charge in [-0.25, -0.2) is 0 Å². The third-order valence-electron chi connectivity index (χ3n) is 5.78.